The van der Waals surface area contributed by atoms with Crippen LogP contribution in [0.15, 0.2) is 85.1 Å². The lowest BCUT2D eigenvalue weighted by Crippen LogP contribution is -2.01. The van der Waals surface area contributed by atoms with Crippen LogP contribution in [0.5, 0.6) is 0 Å². The zero-order valence-corrected chi connectivity index (χ0v) is 15.7. The Bertz CT molecular complexity index is 1290. The molecule has 0 aliphatic rings. The van der Waals surface area contributed by atoms with E-state index < -0.39 is 0 Å². The summed E-state index contributed by atoms with van der Waals surface area (Å²) in [6, 6.07) is 24.8. The summed E-state index contributed by atoms with van der Waals surface area (Å²) < 4.78 is 15.6. The summed E-state index contributed by atoms with van der Waals surface area (Å²) in [5.41, 5.74) is 5.15. The summed E-state index contributed by atoms with van der Waals surface area (Å²) in [5, 5.41) is 3.03. The van der Waals surface area contributed by atoms with Crippen molar-refractivity contribution in [2.24, 2.45) is 0 Å². The Morgan fingerprint density at radius 1 is 0.821 bits per heavy atom. The predicted octanol–water partition coefficient (Wildman–Crippen LogP) is 6.70. The zero-order valence-electron chi connectivity index (χ0n) is 14.9. The molecule has 2 nitrogen and oxygen atoms in total. The van der Waals surface area contributed by atoms with Gasteiger partial charge in [-0.3, -0.25) is 4.98 Å². The summed E-state index contributed by atoms with van der Waals surface area (Å²) in [5.74, 6) is -0.227. The van der Waals surface area contributed by atoms with Crippen molar-refractivity contribution in [1.29, 1.82) is 0 Å². The maximum absolute atomic E-state index is 13.4. The maximum Gasteiger partial charge on any atom is 0.123 e. The Balaban J connectivity index is 1.80. The molecular formula is C24H16ClFN2. The van der Waals surface area contributed by atoms with E-state index in [9.17, 15) is 4.39 Å². The van der Waals surface area contributed by atoms with E-state index in [4.69, 9.17) is 16.6 Å². The molecule has 0 unspecified atom stereocenters. The van der Waals surface area contributed by atoms with E-state index in [1.165, 1.54) is 17.5 Å². The molecule has 0 N–H and O–H groups in total. The molecule has 0 saturated carbocycles. The van der Waals surface area contributed by atoms with E-state index in [2.05, 4.69) is 22.8 Å². The molecule has 2 aromatic heterocycles. The highest BCUT2D eigenvalue weighted by atomic mass is 35.5. The number of hydrogen-bond donors (Lipinski definition) is 0. The minimum Gasteiger partial charge on any atom is -0.334 e. The van der Waals surface area contributed by atoms with Crippen molar-refractivity contribution >= 4 is 33.4 Å². The fourth-order valence-electron chi connectivity index (χ4n) is 3.76. The molecule has 0 spiro atoms. The summed E-state index contributed by atoms with van der Waals surface area (Å²) in [6.45, 7) is 0.635. The lowest BCUT2D eigenvalue weighted by molar-refractivity contribution is 0.626. The third-order valence-corrected chi connectivity index (χ3v) is 5.30. The number of nitrogens with zero attached hydrogens (tertiary/aromatic N) is 2. The fraction of sp³-hybridized carbons (Fsp3) is 0.0417. The molecule has 4 heteroatoms. The van der Waals surface area contributed by atoms with Gasteiger partial charge < -0.3 is 4.57 Å². The molecular weight excluding hydrogens is 371 g/mol. The van der Waals surface area contributed by atoms with Crippen LogP contribution in [0.25, 0.3) is 33.1 Å². The van der Waals surface area contributed by atoms with E-state index in [1.807, 2.05) is 54.7 Å². The molecule has 2 heterocycles. The number of fused-ring (bicyclic) bond motifs is 3. The van der Waals surface area contributed by atoms with Gasteiger partial charge in [0.25, 0.3) is 0 Å². The quantitative estimate of drug-likeness (QED) is 0.337. The van der Waals surface area contributed by atoms with Gasteiger partial charge in [-0.2, -0.15) is 0 Å². The molecule has 0 aliphatic heterocycles. The molecule has 5 aromatic rings. The van der Waals surface area contributed by atoms with E-state index in [1.54, 1.807) is 0 Å². The van der Waals surface area contributed by atoms with Gasteiger partial charge in [0.15, 0.2) is 0 Å². The number of para-hydroxylation sites is 1. The van der Waals surface area contributed by atoms with Crippen LogP contribution in [0.4, 0.5) is 4.39 Å². The van der Waals surface area contributed by atoms with Crippen molar-refractivity contribution in [2.75, 3.05) is 0 Å². The summed E-state index contributed by atoms with van der Waals surface area (Å²) in [7, 11) is 0. The molecule has 0 aliphatic carbocycles. The third kappa shape index (κ3) is 2.85. The number of pyridine rings is 1. The van der Waals surface area contributed by atoms with Gasteiger partial charge in [-0.1, -0.05) is 54.1 Å². The van der Waals surface area contributed by atoms with E-state index in [0.29, 0.717) is 11.6 Å². The molecule has 3 aromatic carbocycles. The monoisotopic (exact) mass is 386 g/mol. The SMILES string of the molecule is Fc1ccc(Cn2c3ccccc3c3ccnc(-c4ccc(Cl)cc4)c32)cc1. The molecule has 136 valence electrons. The minimum atomic E-state index is -0.227. The Hall–Kier alpha value is -3.17. The van der Waals surface area contributed by atoms with Crippen LogP contribution in [-0.2, 0) is 6.54 Å². The van der Waals surface area contributed by atoms with Gasteiger partial charge in [-0.25, -0.2) is 4.39 Å². The van der Waals surface area contributed by atoms with Crippen molar-refractivity contribution in [2.45, 2.75) is 6.54 Å². The summed E-state index contributed by atoms with van der Waals surface area (Å²) in [6.07, 6.45) is 1.85. The first kappa shape index (κ1) is 17.0. The first-order valence-corrected chi connectivity index (χ1v) is 9.45. The molecule has 0 saturated heterocycles. The van der Waals surface area contributed by atoms with Crippen molar-refractivity contribution in [3.8, 4) is 11.3 Å². The van der Waals surface area contributed by atoms with Gasteiger partial charge in [-0.05, 0) is 42.0 Å². The second kappa shape index (κ2) is 6.77. The van der Waals surface area contributed by atoms with Gasteiger partial charge in [-0.15, -0.1) is 0 Å². The average molecular weight is 387 g/mol. The van der Waals surface area contributed by atoms with E-state index >= 15 is 0 Å². The second-order valence-electron chi connectivity index (χ2n) is 6.79. The minimum absolute atomic E-state index is 0.227. The molecule has 5 rings (SSSR count). The van der Waals surface area contributed by atoms with Crippen molar-refractivity contribution in [3.63, 3.8) is 0 Å². The summed E-state index contributed by atoms with van der Waals surface area (Å²) >= 11 is 6.08. The van der Waals surface area contributed by atoms with Gasteiger partial charge >= 0.3 is 0 Å². The number of benzene rings is 3. The first-order valence-electron chi connectivity index (χ1n) is 9.07. The number of hydrogen-bond acceptors (Lipinski definition) is 1. The Morgan fingerprint density at radius 3 is 2.36 bits per heavy atom. The van der Waals surface area contributed by atoms with Gasteiger partial charge in [0.2, 0.25) is 0 Å². The highest BCUT2D eigenvalue weighted by Gasteiger charge is 2.16. The van der Waals surface area contributed by atoms with Crippen LogP contribution in [0.3, 0.4) is 0 Å². The normalized spacial score (nSPS) is 11.4. The fourth-order valence-corrected chi connectivity index (χ4v) is 3.88. The number of halogens is 2. The van der Waals surface area contributed by atoms with Crippen LogP contribution in [0.1, 0.15) is 5.56 Å². The van der Waals surface area contributed by atoms with Gasteiger partial charge in [0.1, 0.15) is 5.82 Å². The predicted molar refractivity (Wildman–Crippen MR) is 113 cm³/mol. The van der Waals surface area contributed by atoms with Crippen molar-refractivity contribution in [3.05, 3.63) is 101 Å². The Labute approximate surface area is 166 Å². The topological polar surface area (TPSA) is 17.8 Å². The molecule has 0 radical (unpaired) electrons. The molecule has 0 amide bonds. The van der Waals surface area contributed by atoms with Gasteiger partial charge in [0.05, 0.1) is 11.2 Å². The van der Waals surface area contributed by atoms with Crippen LogP contribution in [0, 0.1) is 5.82 Å². The highest BCUT2D eigenvalue weighted by molar-refractivity contribution is 6.30. The highest BCUT2D eigenvalue weighted by Crippen LogP contribution is 2.35. The molecule has 28 heavy (non-hydrogen) atoms. The van der Waals surface area contributed by atoms with E-state index in [0.717, 1.165) is 33.2 Å². The first-order chi connectivity index (χ1) is 13.7. The largest absolute Gasteiger partial charge is 0.334 e. The second-order valence-corrected chi connectivity index (χ2v) is 7.23. The van der Waals surface area contributed by atoms with Crippen LogP contribution >= 0.6 is 11.6 Å². The lowest BCUT2D eigenvalue weighted by Gasteiger charge is -2.11. The van der Waals surface area contributed by atoms with Crippen LogP contribution in [-0.4, -0.2) is 9.55 Å². The Kier molecular flexibility index (Phi) is 4.10. The average Bonchev–Trinajstić information content (AvgIpc) is 3.04. The molecule has 0 fully saturated rings. The maximum atomic E-state index is 13.4. The Morgan fingerprint density at radius 2 is 1.57 bits per heavy atom. The molecule has 0 bridgehead atoms. The lowest BCUT2D eigenvalue weighted by atomic mass is 10.1. The smallest absolute Gasteiger partial charge is 0.123 e. The third-order valence-electron chi connectivity index (χ3n) is 5.05. The van der Waals surface area contributed by atoms with E-state index in [-0.39, 0.29) is 5.82 Å². The van der Waals surface area contributed by atoms with Crippen molar-refractivity contribution < 1.29 is 4.39 Å². The number of aromatic nitrogens is 2. The van der Waals surface area contributed by atoms with Crippen LogP contribution < -0.4 is 0 Å². The van der Waals surface area contributed by atoms with Crippen molar-refractivity contribution in [1.82, 2.24) is 9.55 Å². The zero-order chi connectivity index (χ0) is 19.1. The van der Waals surface area contributed by atoms with Gasteiger partial charge in [0, 0.05) is 39.6 Å². The standard InChI is InChI=1S/C24H16ClFN2/c25-18-9-7-17(8-10-18)23-24-21(13-14-27-23)20-3-1-2-4-22(20)28(24)15-16-5-11-19(26)12-6-16/h1-14H,15H2. The number of rotatable bonds is 3. The summed E-state index contributed by atoms with van der Waals surface area (Å²) in [4.78, 5) is 4.69. The molecule has 0 atom stereocenters. The van der Waals surface area contributed by atoms with Crippen LogP contribution in [0.2, 0.25) is 5.02 Å².